The summed E-state index contributed by atoms with van der Waals surface area (Å²) in [5.74, 6) is 0. The minimum absolute atomic E-state index is 0.404. The van der Waals surface area contributed by atoms with Crippen molar-refractivity contribution in [2.75, 3.05) is 19.6 Å². The van der Waals surface area contributed by atoms with Gasteiger partial charge in [-0.3, -0.25) is 0 Å². The molecular weight excluding hydrogens is 230 g/mol. The fraction of sp³-hybridized carbons (Fsp3) is 0.667. The van der Waals surface area contributed by atoms with Gasteiger partial charge in [0.15, 0.2) is 0 Å². The van der Waals surface area contributed by atoms with Crippen LogP contribution in [0.2, 0.25) is 0 Å². The summed E-state index contributed by atoms with van der Waals surface area (Å²) >= 11 is 0. The van der Waals surface area contributed by atoms with E-state index in [-0.39, 0.29) is 0 Å². The Morgan fingerprint density at radius 1 is 1.00 bits per heavy atom. The zero-order valence-corrected chi connectivity index (χ0v) is 12.7. The second-order valence-corrected chi connectivity index (χ2v) is 6.33. The fourth-order valence-electron chi connectivity index (χ4n) is 3.16. The molecule has 19 heavy (non-hydrogen) atoms. The maximum atomic E-state index is 2.67. The molecule has 2 rings (SSSR count). The average molecular weight is 259 g/mol. The number of unbranched alkanes of at least 4 members (excludes halogenated alkanes) is 3. The van der Waals surface area contributed by atoms with Crippen LogP contribution in [-0.4, -0.2) is 24.5 Å². The van der Waals surface area contributed by atoms with Gasteiger partial charge >= 0.3 is 0 Å². The Morgan fingerprint density at radius 2 is 1.68 bits per heavy atom. The zero-order chi connectivity index (χ0) is 13.6. The number of likely N-dealkylation sites (tertiary alicyclic amines) is 1. The fourth-order valence-corrected chi connectivity index (χ4v) is 3.16. The predicted molar refractivity (Wildman–Crippen MR) is 83.6 cm³/mol. The van der Waals surface area contributed by atoms with Crippen LogP contribution in [0.3, 0.4) is 0 Å². The van der Waals surface area contributed by atoms with Gasteiger partial charge in [0.2, 0.25) is 0 Å². The Hall–Kier alpha value is -0.820. The number of piperidine rings is 1. The maximum Gasteiger partial charge on any atom is -0.00103 e. The summed E-state index contributed by atoms with van der Waals surface area (Å²) in [4.78, 5) is 2.67. The smallest absolute Gasteiger partial charge is 0.00103 e. The van der Waals surface area contributed by atoms with Crippen LogP contribution in [0.4, 0.5) is 0 Å². The Balaban J connectivity index is 1.79. The summed E-state index contributed by atoms with van der Waals surface area (Å²) < 4.78 is 0. The molecule has 1 aromatic rings. The molecule has 0 bridgehead atoms. The second-order valence-electron chi connectivity index (χ2n) is 6.33. The minimum Gasteiger partial charge on any atom is -0.303 e. The van der Waals surface area contributed by atoms with Crippen molar-refractivity contribution in [3.05, 3.63) is 35.9 Å². The zero-order valence-electron chi connectivity index (χ0n) is 12.7. The summed E-state index contributed by atoms with van der Waals surface area (Å²) in [7, 11) is 0. The van der Waals surface area contributed by atoms with Crippen molar-refractivity contribution in [3.8, 4) is 0 Å². The number of nitrogens with zero attached hydrogens (tertiary/aromatic N) is 1. The third-order valence-corrected chi connectivity index (χ3v) is 4.76. The van der Waals surface area contributed by atoms with Gasteiger partial charge in [0.05, 0.1) is 0 Å². The molecule has 1 saturated heterocycles. The molecule has 1 nitrogen and oxygen atoms in total. The van der Waals surface area contributed by atoms with Gasteiger partial charge in [-0.05, 0) is 49.9 Å². The van der Waals surface area contributed by atoms with Crippen LogP contribution in [0.1, 0.15) is 57.9 Å². The van der Waals surface area contributed by atoms with Crippen molar-refractivity contribution in [1.29, 1.82) is 0 Å². The second kappa shape index (κ2) is 7.09. The van der Waals surface area contributed by atoms with Crippen molar-refractivity contribution in [2.45, 2.75) is 57.8 Å². The molecule has 1 heteroatoms. The van der Waals surface area contributed by atoms with E-state index in [1.165, 1.54) is 63.7 Å². The Labute approximate surface area is 119 Å². The number of benzene rings is 1. The number of hydrogen-bond donors (Lipinski definition) is 0. The molecule has 0 N–H and O–H groups in total. The molecule has 0 radical (unpaired) electrons. The van der Waals surface area contributed by atoms with E-state index < -0.39 is 0 Å². The number of rotatable bonds is 6. The first kappa shape index (κ1) is 14.6. The Bertz CT molecular complexity index is 349. The van der Waals surface area contributed by atoms with Gasteiger partial charge < -0.3 is 4.90 Å². The quantitative estimate of drug-likeness (QED) is 0.674. The molecule has 1 aliphatic rings. The SMILES string of the molecule is CCCCCCN1CCC(C)(c2ccccc2)CC1. The molecule has 0 amide bonds. The predicted octanol–water partition coefficient (Wildman–Crippen LogP) is 4.62. The molecule has 0 aromatic heterocycles. The molecule has 0 unspecified atom stereocenters. The van der Waals surface area contributed by atoms with E-state index in [1.807, 2.05) is 0 Å². The molecule has 0 atom stereocenters. The first-order valence-corrected chi connectivity index (χ1v) is 8.02. The molecule has 1 heterocycles. The van der Waals surface area contributed by atoms with Crippen LogP contribution in [0.25, 0.3) is 0 Å². The van der Waals surface area contributed by atoms with Crippen LogP contribution >= 0.6 is 0 Å². The summed E-state index contributed by atoms with van der Waals surface area (Å²) in [5, 5.41) is 0. The van der Waals surface area contributed by atoms with Gasteiger partial charge in [-0.25, -0.2) is 0 Å². The normalized spacial score (nSPS) is 19.5. The largest absolute Gasteiger partial charge is 0.303 e. The molecule has 0 spiro atoms. The highest BCUT2D eigenvalue weighted by atomic mass is 15.1. The standard InChI is InChI=1S/C18H29N/c1-3-4-5-9-14-19-15-12-18(2,13-16-19)17-10-7-6-8-11-17/h6-8,10-11H,3-5,9,12-16H2,1-2H3. The van der Waals surface area contributed by atoms with Gasteiger partial charge in [-0.1, -0.05) is 63.4 Å². The van der Waals surface area contributed by atoms with Gasteiger partial charge in [0, 0.05) is 0 Å². The first-order valence-electron chi connectivity index (χ1n) is 8.02. The van der Waals surface area contributed by atoms with Crippen molar-refractivity contribution in [1.82, 2.24) is 4.90 Å². The van der Waals surface area contributed by atoms with Crippen molar-refractivity contribution in [2.24, 2.45) is 0 Å². The van der Waals surface area contributed by atoms with Crippen molar-refractivity contribution in [3.63, 3.8) is 0 Å². The van der Waals surface area contributed by atoms with Gasteiger partial charge in [-0.15, -0.1) is 0 Å². The molecule has 1 aromatic carbocycles. The van der Waals surface area contributed by atoms with E-state index in [0.717, 1.165) is 0 Å². The Kier molecular flexibility index (Phi) is 5.45. The van der Waals surface area contributed by atoms with Crippen LogP contribution in [0.15, 0.2) is 30.3 Å². The van der Waals surface area contributed by atoms with E-state index in [9.17, 15) is 0 Å². The van der Waals surface area contributed by atoms with E-state index >= 15 is 0 Å². The van der Waals surface area contributed by atoms with Crippen LogP contribution < -0.4 is 0 Å². The van der Waals surface area contributed by atoms with Gasteiger partial charge in [-0.2, -0.15) is 0 Å². The summed E-state index contributed by atoms with van der Waals surface area (Å²) in [6.07, 6.45) is 8.15. The summed E-state index contributed by atoms with van der Waals surface area (Å²) in [5.41, 5.74) is 1.93. The average Bonchev–Trinajstić information content (AvgIpc) is 2.47. The summed E-state index contributed by atoms with van der Waals surface area (Å²) in [6.45, 7) is 8.59. The monoisotopic (exact) mass is 259 g/mol. The van der Waals surface area contributed by atoms with Crippen LogP contribution in [0, 0.1) is 0 Å². The first-order chi connectivity index (χ1) is 9.24. The lowest BCUT2D eigenvalue weighted by Gasteiger charge is -2.40. The van der Waals surface area contributed by atoms with E-state index in [2.05, 4.69) is 49.1 Å². The van der Waals surface area contributed by atoms with Crippen LogP contribution in [-0.2, 0) is 5.41 Å². The molecule has 0 saturated carbocycles. The minimum atomic E-state index is 0.404. The molecule has 106 valence electrons. The number of hydrogen-bond acceptors (Lipinski definition) is 1. The molecule has 0 aliphatic carbocycles. The van der Waals surface area contributed by atoms with Gasteiger partial charge in [0.1, 0.15) is 0 Å². The maximum absolute atomic E-state index is 2.67. The van der Waals surface area contributed by atoms with Crippen molar-refractivity contribution >= 4 is 0 Å². The highest BCUT2D eigenvalue weighted by Gasteiger charge is 2.31. The summed E-state index contributed by atoms with van der Waals surface area (Å²) in [6, 6.07) is 11.1. The third-order valence-electron chi connectivity index (χ3n) is 4.76. The Morgan fingerprint density at radius 3 is 2.32 bits per heavy atom. The lowest BCUT2D eigenvalue weighted by atomic mass is 9.74. The van der Waals surface area contributed by atoms with E-state index in [4.69, 9.17) is 0 Å². The topological polar surface area (TPSA) is 3.24 Å². The molecule has 1 fully saturated rings. The third kappa shape index (κ3) is 4.07. The van der Waals surface area contributed by atoms with Gasteiger partial charge in [0.25, 0.3) is 0 Å². The lowest BCUT2D eigenvalue weighted by molar-refractivity contribution is 0.166. The lowest BCUT2D eigenvalue weighted by Crippen LogP contribution is -2.41. The van der Waals surface area contributed by atoms with E-state index in [1.54, 1.807) is 0 Å². The van der Waals surface area contributed by atoms with Crippen molar-refractivity contribution < 1.29 is 0 Å². The highest BCUT2D eigenvalue weighted by Crippen LogP contribution is 2.34. The highest BCUT2D eigenvalue weighted by molar-refractivity contribution is 5.25. The van der Waals surface area contributed by atoms with Crippen LogP contribution in [0.5, 0.6) is 0 Å². The molecular formula is C18H29N. The van der Waals surface area contributed by atoms with E-state index in [0.29, 0.717) is 5.41 Å². The molecule has 1 aliphatic heterocycles.